The van der Waals surface area contributed by atoms with Crippen molar-refractivity contribution in [3.63, 3.8) is 0 Å². The van der Waals surface area contributed by atoms with Crippen LogP contribution in [0.1, 0.15) is 22.8 Å². The molecule has 1 aliphatic heterocycles. The van der Waals surface area contributed by atoms with E-state index in [0.29, 0.717) is 23.4 Å². The van der Waals surface area contributed by atoms with Crippen LogP contribution in [0.15, 0.2) is 60.8 Å². The summed E-state index contributed by atoms with van der Waals surface area (Å²) in [7, 11) is 1.37. The lowest BCUT2D eigenvalue weighted by Crippen LogP contribution is -2.25. The van der Waals surface area contributed by atoms with Crippen molar-refractivity contribution in [3.05, 3.63) is 71.9 Å². The maximum atomic E-state index is 11.5. The molecule has 0 spiro atoms. The molecule has 0 fully saturated rings. The summed E-state index contributed by atoms with van der Waals surface area (Å²) in [6.45, 7) is 2.18. The van der Waals surface area contributed by atoms with Gasteiger partial charge in [0.1, 0.15) is 5.82 Å². The first kappa shape index (κ1) is 17.0. The van der Waals surface area contributed by atoms with Gasteiger partial charge in [0.15, 0.2) is 0 Å². The summed E-state index contributed by atoms with van der Waals surface area (Å²) in [5.41, 5.74) is 3.81. The van der Waals surface area contributed by atoms with Crippen LogP contribution >= 0.6 is 0 Å². The van der Waals surface area contributed by atoms with E-state index < -0.39 is 0 Å². The fourth-order valence-corrected chi connectivity index (χ4v) is 3.36. The van der Waals surface area contributed by atoms with Gasteiger partial charge in [0, 0.05) is 23.6 Å². The number of hydrogen-bond donors (Lipinski definition) is 1. The molecule has 3 aromatic rings. The van der Waals surface area contributed by atoms with Crippen molar-refractivity contribution in [1.82, 2.24) is 9.97 Å². The summed E-state index contributed by atoms with van der Waals surface area (Å²) in [6, 6.07) is 17.6. The van der Waals surface area contributed by atoms with Crippen LogP contribution in [0.4, 0.5) is 23.1 Å². The standard InChI is InChI=1S/C21H20N4O2/c1-14-13-16-5-3-4-6-18(16)25(14)21-22-12-11-19(24-21)23-17-9-7-15(8-10-17)20(26)27-2/h3-12,14H,13H2,1-2H3,(H,22,23,24). The van der Waals surface area contributed by atoms with Gasteiger partial charge in [-0.3, -0.25) is 0 Å². The molecular formula is C21H20N4O2. The van der Waals surface area contributed by atoms with Crippen molar-refractivity contribution in [2.75, 3.05) is 17.3 Å². The third-order valence-corrected chi connectivity index (χ3v) is 4.64. The average molecular weight is 360 g/mol. The lowest BCUT2D eigenvalue weighted by molar-refractivity contribution is 0.0601. The second kappa shape index (κ2) is 7.07. The number of rotatable bonds is 4. The van der Waals surface area contributed by atoms with Gasteiger partial charge in [0.05, 0.1) is 12.7 Å². The van der Waals surface area contributed by atoms with E-state index >= 15 is 0 Å². The first-order valence-electron chi connectivity index (χ1n) is 8.81. The number of carbonyl (C=O) groups is 1. The van der Waals surface area contributed by atoms with E-state index in [4.69, 9.17) is 4.74 Å². The Morgan fingerprint density at radius 2 is 1.93 bits per heavy atom. The van der Waals surface area contributed by atoms with Gasteiger partial charge in [-0.2, -0.15) is 4.98 Å². The summed E-state index contributed by atoms with van der Waals surface area (Å²) < 4.78 is 4.72. The molecule has 2 aromatic carbocycles. The predicted molar refractivity (Wildman–Crippen MR) is 105 cm³/mol. The quantitative estimate of drug-likeness (QED) is 0.707. The molecule has 0 saturated heterocycles. The van der Waals surface area contributed by atoms with Crippen molar-refractivity contribution < 1.29 is 9.53 Å². The zero-order valence-electron chi connectivity index (χ0n) is 15.2. The molecule has 1 atom stereocenters. The average Bonchev–Trinajstić information content (AvgIpc) is 3.04. The van der Waals surface area contributed by atoms with Crippen molar-refractivity contribution in [1.29, 1.82) is 0 Å². The second-order valence-corrected chi connectivity index (χ2v) is 6.49. The molecule has 1 N–H and O–H groups in total. The SMILES string of the molecule is COC(=O)c1ccc(Nc2ccnc(N3c4ccccc4CC3C)n2)cc1. The number of para-hydroxylation sites is 1. The molecule has 136 valence electrons. The third-order valence-electron chi connectivity index (χ3n) is 4.64. The van der Waals surface area contributed by atoms with Gasteiger partial charge >= 0.3 is 5.97 Å². The van der Waals surface area contributed by atoms with E-state index in [2.05, 4.69) is 45.3 Å². The van der Waals surface area contributed by atoms with Gasteiger partial charge in [-0.15, -0.1) is 0 Å². The minimum Gasteiger partial charge on any atom is -0.465 e. The lowest BCUT2D eigenvalue weighted by atomic mass is 10.1. The Morgan fingerprint density at radius 3 is 2.70 bits per heavy atom. The third kappa shape index (κ3) is 3.33. The van der Waals surface area contributed by atoms with Gasteiger partial charge in [0.25, 0.3) is 0 Å². The minimum atomic E-state index is -0.354. The molecule has 1 aliphatic rings. The molecule has 6 heteroatoms. The molecule has 0 amide bonds. The van der Waals surface area contributed by atoms with Gasteiger partial charge in [-0.1, -0.05) is 18.2 Å². The van der Waals surface area contributed by atoms with E-state index in [0.717, 1.165) is 17.8 Å². The zero-order chi connectivity index (χ0) is 18.8. The van der Waals surface area contributed by atoms with Crippen molar-refractivity contribution in [2.45, 2.75) is 19.4 Å². The van der Waals surface area contributed by atoms with E-state index in [9.17, 15) is 4.79 Å². The maximum Gasteiger partial charge on any atom is 0.337 e. The highest BCUT2D eigenvalue weighted by Gasteiger charge is 2.28. The molecule has 27 heavy (non-hydrogen) atoms. The number of benzene rings is 2. The number of nitrogens with one attached hydrogen (secondary N) is 1. The van der Waals surface area contributed by atoms with Gasteiger partial charge < -0.3 is 15.0 Å². The summed E-state index contributed by atoms with van der Waals surface area (Å²) in [5, 5.41) is 3.26. The van der Waals surface area contributed by atoms with Crippen LogP contribution in [0.5, 0.6) is 0 Å². The highest BCUT2D eigenvalue weighted by molar-refractivity contribution is 5.89. The summed E-state index contributed by atoms with van der Waals surface area (Å²) in [5.74, 6) is 1.01. The first-order valence-corrected chi connectivity index (χ1v) is 8.81. The maximum absolute atomic E-state index is 11.5. The number of aromatic nitrogens is 2. The van der Waals surface area contributed by atoms with Crippen LogP contribution in [0.2, 0.25) is 0 Å². The molecule has 0 radical (unpaired) electrons. The Bertz CT molecular complexity index is 972. The number of methoxy groups -OCH3 is 1. The molecule has 0 aliphatic carbocycles. The van der Waals surface area contributed by atoms with Gasteiger partial charge in [0.2, 0.25) is 5.95 Å². The number of hydrogen-bond acceptors (Lipinski definition) is 6. The van der Waals surface area contributed by atoms with E-state index in [1.807, 2.05) is 24.3 Å². The van der Waals surface area contributed by atoms with Crippen molar-refractivity contribution in [3.8, 4) is 0 Å². The van der Waals surface area contributed by atoms with Crippen molar-refractivity contribution in [2.24, 2.45) is 0 Å². The van der Waals surface area contributed by atoms with Crippen LogP contribution < -0.4 is 10.2 Å². The number of anilines is 4. The fourth-order valence-electron chi connectivity index (χ4n) is 3.36. The topological polar surface area (TPSA) is 67.3 Å². The fraction of sp³-hybridized carbons (Fsp3) is 0.190. The Hall–Kier alpha value is -3.41. The highest BCUT2D eigenvalue weighted by atomic mass is 16.5. The van der Waals surface area contributed by atoms with Crippen LogP contribution in [0.3, 0.4) is 0 Å². The Morgan fingerprint density at radius 1 is 1.15 bits per heavy atom. The minimum absolute atomic E-state index is 0.303. The van der Waals surface area contributed by atoms with Crippen LogP contribution in [-0.4, -0.2) is 29.1 Å². The lowest BCUT2D eigenvalue weighted by Gasteiger charge is -2.23. The number of carbonyl (C=O) groups excluding carboxylic acids is 1. The number of esters is 1. The largest absolute Gasteiger partial charge is 0.465 e. The number of ether oxygens (including phenoxy) is 1. The molecule has 1 aromatic heterocycles. The predicted octanol–water partition coefficient (Wildman–Crippen LogP) is 4.09. The smallest absolute Gasteiger partial charge is 0.337 e. The molecule has 4 rings (SSSR count). The highest BCUT2D eigenvalue weighted by Crippen LogP contribution is 2.36. The Kier molecular flexibility index (Phi) is 4.46. The summed E-state index contributed by atoms with van der Waals surface area (Å²) in [4.78, 5) is 22.9. The Balaban J connectivity index is 1.57. The molecule has 0 bridgehead atoms. The van der Waals surface area contributed by atoms with Gasteiger partial charge in [-0.25, -0.2) is 9.78 Å². The van der Waals surface area contributed by atoms with Crippen LogP contribution in [0.25, 0.3) is 0 Å². The molecule has 0 saturated carbocycles. The molecular weight excluding hydrogens is 340 g/mol. The number of nitrogens with zero attached hydrogens (tertiary/aromatic N) is 3. The van der Waals surface area contributed by atoms with E-state index in [1.54, 1.807) is 18.3 Å². The zero-order valence-corrected chi connectivity index (χ0v) is 15.2. The second-order valence-electron chi connectivity index (χ2n) is 6.49. The summed E-state index contributed by atoms with van der Waals surface area (Å²) in [6.07, 6.45) is 2.73. The monoisotopic (exact) mass is 360 g/mol. The van der Waals surface area contributed by atoms with Gasteiger partial charge in [-0.05, 0) is 55.3 Å². The normalized spacial score (nSPS) is 15.3. The molecule has 1 unspecified atom stereocenters. The van der Waals surface area contributed by atoms with E-state index in [-0.39, 0.29) is 5.97 Å². The summed E-state index contributed by atoms with van der Waals surface area (Å²) >= 11 is 0. The Labute approximate surface area is 157 Å². The number of fused-ring (bicyclic) bond motifs is 1. The molecule has 2 heterocycles. The van der Waals surface area contributed by atoms with Crippen LogP contribution in [0, 0.1) is 0 Å². The van der Waals surface area contributed by atoms with Crippen LogP contribution in [-0.2, 0) is 11.2 Å². The van der Waals surface area contributed by atoms with Crippen molar-refractivity contribution >= 4 is 29.1 Å². The van der Waals surface area contributed by atoms with E-state index in [1.165, 1.54) is 12.7 Å². The molecule has 6 nitrogen and oxygen atoms in total. The first-order chi connectivity index (χ1) is 13.2.